The molecule has 2 rings (SSSR count). The third-order valence-corrected chi connectivity index (χ3v) is 2.72. The normalized spacial score (nSPS) is 18.4. The van der Waals surface area contributed by atoms with Gasteiger partial charge in [0.25, 0.3) is 0 Å². The zero-order valence-corrected chi connectivity index (χ0v) is 8.28. The fourth-order valence-electron chi connectivity index (χ4n) is 1.79. The molecule has 0 aliphatic carbocycles. The Kier molecular flexibility index (Phi) is 3.11. The van der Waals surface area contributed by atoms with Crippen LogP contribution in [-0.2, 0) is 11.3 Å². The van der Waals surface area contributed by atoms with Gasteiger partial charge in [0, 0.05) is 37.6 Å². The van der Waals surface area contributed by atoms with Crippen molar-refractivity contribution < 1.29 is 4.74 Å². The van der Waals surface area contributed by atoms with Crippen LogP contribution in [0.3, 0.4) is 0 Å². The summed E-state index contributed by atoms with van der Waals surface area (Å²) in [6.45, 7) is 2.30. The molecule has 0 radical (unpaired) electrons. The Labute approximate surface area is 84.3 Å². The third-order valence-electron chi connectivity index (χ3n) is 2.72. The van der Waals surface area contributed by atoms with E-state index in [2.05, 4.69) is 17.1 Å². The lowest BCUT2D eigenvalue weighted by Crippen LogP contribution is -2.15. The highest BCUT2D eigenvalue weighted by Crippen LogP contribution is 2.24. The molecule has 14 heavy (non-hydrogen) atoms. The minimum Gasteiger partial charge on any atom is -0.381 e. The van der Waals surface area contributed by atoms with E-state index in [1.165, 1.54) is 5.69 Å². The van der Waals surface area contributed by atoms with Gasteiger partial charge in [-0.15, -0.1) is 0 Å². The molecule has 76 valence electrons. The topological polar surface area (TPSA) is 48.1 Å². The van der Waals surface area contributed by atoms with Crippen LogP contribution in [0.25, 0.3) is 0 Å². The summed E-state index contributed by atoms with van der Waals surface area (Å²) >= 11 is 0. The standard InChI is InChI=1S/C11H16N2O/c12-7-9-1-2-11(13-8-9)10-3-5-14-6-4-10/h1-2,8,10H,3-7,12H2. The Morgan fingerprint density at radius 3 is 2.71 bits per heavy atom. The van der Waals surface area contributed by atoms with E-state index in [1.54, 1.807) is 0 Å². The molecule has 0 bridgehead atoms. The Hall–Kier alpha value is -0.930. The molecule has 3 nitrogen and oxygen atoms in total. The average molecular weight is 192 g/mol. The summed E-state index contributed by atoms with van der Waals surface area (Å²) in [6.07, 6.45) is 4.06. The van der Waals surface area contributed by atoms with Crippen molar-refractivity contribution in [2.75, 3.05) is 13.2 Å². The fourth-order valence-corrected chi connectivity index (χ4v) is 1.79. The molecule has 2 N–H and O–H groups in total. The minimum atomic E-state index is 0.570. The molecule has 0 unspecified atom stereocenters. The predicted molar refractivity (Wildman–Crippen MR) is 54.9 cm³/mol. The van der Waals surface area contributed by atoms with E-state index in [4.69, 9.17) is 10.5 Å². The van der Waals surface area contributed by atoms with Gasteiger partial charge in [-0.25, -0.2) is 0 Å². The predicted octanol–water partition coefficient (Wildman–Crippen LogP) is 1.43. The minimum absolute atomic E-state index is 0.570. The zero-order chi connectivity index (χ0) is 9.80. The highest BCUT2D eigenvalue weighted by Gasteiger charge is 2.16. The molecule has 0 amide bonds. The van der Waals surface area contributed by atoms with Crippen LogP contribution in [0.4, 0.5) is 0 Å². The first-order valence-corrected chi connectivity index (χ1v) is 5.13. The van der Waals surface area contributed by atoms with Crippen LogP contribution in [0, 0.1) is 0 Å². The Balaban J connectivity index is 2.07. The number of nitrogens with zero attached hydrogens (tertiary/aromatic N) is 1. The molecule has 3 heteroatoms. The van der Waals surface area contributed by atoms with Crippen LogP contribution in [0.1, 0.15) is 30.0 Å². The van der Waals surface area contributed by atoms with Gasteiger partial charge in [0.05, 0.1) is 0 Å². The van der Waals surface area contributed by atoms with Crippen molar-refractivity contribution >= 4 is 0 Å². The lowest BCUT2D eigenvalue weighted by atomic mass is 9.96. The smallest absolute Gasteiger partial charge is 0.0472 e. The molecular formula is C11H16N2O. The molecule has 0 saturated carbocycles. The van der Waals surface area contributed by atoms with E-state index in [-0.39, 0.29) is 0 Å². The van der Waals surface area contributed by atoms with Crippen LogP contribution in [0.15, 0.2) is 18.3 Å². The van der Waals surface area contributed by atoms with Gasteiger partial charge in [-0.3, -0.25) is 4.98 Å². The van der Waals surface area contributed by atoms with Crippen molar-refractivity contribution in [1.29, 1.82) is 0 Å². The lowest BCUT2D eigenvalue weighted by Gasteiger charge is -2.21. The van der Waals surface area contributed by atoms with Crippen LogP contribution in [0.2, 0.25) is 0 Å². The second kappa shape index (κ2) is 4.53. The number of rotatable bonds is 2. The van der Waals surface area contributed by atoms with Crippen molar-refractivity contribution in [3.05, 3.63) is 29.6 Å². The zero-order valence-electron chi connectivity index (χ0n) is 8.28. The van der Waals surface area contributed by atoms with Crippen molar-refractivity contribution in [3.63, 3.8) is 0 Å². The number of pyridine rings is 1. The summed E-state index contributed by atoms with van der Waals surface area (Å²) in [4.78, 5) is 4.44. The first-order chi connectivity index (χ1) is 6.90. The number of hydrogen-bond donors (Lipinski definition) is 1. The van der Waals surface area contributed by atoms with E-state index < -0.39 is 0 Å². The maximum Gasteiger partial charge on any atom is 0.0472 e. The molecule has 2 heterocycles. The summed E-state index contributed by atoms with van der Waals surface area (Å²) in [5, 5.41) is 0. The third kappa shape index (κ3) is 2.11. The van der Waals surface area contributed by atoms with E-state index in [0.717, 1.165) is 31.6 Å². The second-order valence-corrected chi connectivity index (χ2v) is 3.68. The Morgan fingerprint density at radius 1 is 1.36 bits per heavy atom. The summed E-state index contributed by atoms with van der Waals surface area (Å²) in [7, 11) is 0. The molecular weight excluding hydrogens is 176 g/mol. The van der Waals surface area contributed by atoms with Gasteiger partial charge in [-0.1, -0.05) is 6.07 Å². The van der Waals surface area contributed by atoms with Crippen molar-refractivity contribution in [2.45, 2.75) is 25.3 Å². The van der Waals surface area contributed by atoms with Gasteiger partial charge in [0.1, 0.15) is 0 Å². The molecule has 1 aromatic rings. The van der Waals surface area contributed by atoms with Gasteiger partial charge >= 0.3 is 0 Å². The molecule has 0 aromatic carbocycles. The van der Waals surface area contributed by atoms with E-state index >= 15 is 0 Å². The quantitative estimate of drug-likeness (QED) is 0.771. The second-order valence-electron chi connectivity index (χ2n) is 3.68. The summed E-state index contributed by atoms with van der Waals surface area (Å²) in [5.74, 6) is 0.579. The molecule has 0 spiro atoms. The van der Waals surface area contributed by atoms with Crippen LogP contribution in [-0.4, -0.2) is 18.2 Å². The first kappa shape index (κ1) is 9.62. The van der Waals surface area contributed by atoms with E-state index in [0.29, 0.717) is 12.5 Å². The van der Waals surface area contributed by atoms with Crippen molar-refractivity contribution in [2.24, 2.45) is 5.73 Å². The number of nitrogens with two attached hydrogens (primary N) is 1. The highest BCUT2D eigenvalue weighted by atomic mass is 16.5. The number of aromatic nitrogens is 1. The van der Waals surface area contributed by atoms with E-state index in [1.807, 2.05) is 6.20 Å². The fraction of sp³-hybridized carbons (Fsp3) is 0.545. The van der Waals surface area contributed by atoms with Gasteiger partial charge in [-0.2, -0.15) is 0 Å². The summed E-state index contributed by atoms with van der Waals surface area (Å²) in [5.41, 5.74) is 7.80. The van der Waals surface area contributed by atoms with Crippen LogP contribution >= 0.6 is 0 Å². The SMILES string of the molecule is NCc1ccc(C2CCOCC2)nc1. The van der Waals surface area contributed by atoms with Gasteiger partial charge < -0.3 is 10.5 Å². The highest BCUT2D eigenvalue weighted by molar-refractivity contribution is 5.16. The number of ether oxygens (including phenoxy) is 1. The number of hydrogen-bond acceptors (Lipinski definition) is 3. The molecule has 1 saturated heterocycles. The summed E-state index contributed by atoms with van der Waals surface area (Å²) < 4.78 is 5.32. The maximum absolute atomic E-state index is 5.52. The lowest BCUT2D eigenvalue weighted by molar-refractivity contribution is 0.0845. The Morgan fingerprint density at radius 2 is 2.14 bits per heavy atom. The largest absolute Gasteiger partial charge is 0.381 e. The van der Waals surface area contributed by atoms with Crippen LogP contribution in [0.5, 0.6) is 0 Å². The van der Waals surface area contributed by atoms with Crippen molar-refractivity contribution in [3.8, 4) is 0 Å². The summed E-state index contributed by atoms with van der Waals surface area (Å²) in [6, 6.07) is 4.16. The molecule has 1 fully saturated rings. The van der Waals surface area contributed by atoms with E-state index in [9.17, 15) is 0 Å². The molecule has 1 aliphatic heterocycles. The molecule has 1 aliphatic rings. The Bertz CT molecular complexity index is 278. The van der Waals surface area contributed by atoms with Crippen molar-refractivity contribution in [1.82, 2.24) is 4.98 Å². The molecule has 0 atom stereocenters. The van der Waals surface area contributed by atoms with Gasteiger partial charge in [0.2, 0.25) is 0 Å². The monoisotopic (exact) mass is 192 g/mol. The van der Waals surface area contributed by atoms with Gasteiger partial charge in [0.15, 0.2) is 0 Å². The average Bonchev–Trinajstić information content (AvgIpc) is 2.30. The van der Waals surface area contributed by atoms with Gasteiger partial charge in [-0.05, 0) is 24.5 Å². The molecule has 1 aromatic heterocycles. The maximum atomic E-state index is 5.52. The first-order valence-electron chi connectivity index (χ1n) is 5.13. The van der Waals surface area contributed by atoms with Crippen LogP contribution < -0.4 is 5.73 Å².